The average molecular weight is 546 g/mol. The van der Waals surface area contributed by atoms with Crippen molar-refractivity contribution in [1.82, 2.24) is 30.1 Å². The molecule has 0 atom stereocenters. The topological polar surface area (TPSA) is 112 Å². The predicted octanol–water partition coefficient (Wildman–Crippen LogP) is 7.20. The standard InChI is InChI=1S/C32H28FN7O/c1-18-11-20(13-22(33)12-18)24-9-10-35-31-25(24)15-28(38-31)30-29-27(39-40-30)8-7-26(37-29)21-14-23(17-34-16-21)36-32(41)19-5-3-2-4-6-19/h7-17,19H,2-6H2,1H3,(H,35,38)(H,36,41)(H,39,40). The number of aromatic nitrogens is 6. The van der Waals surface area contributed by atoms with E-state index in [0.29, 0.717) is 28.2 Å². The minimum Gasteiger partial charge on any atom is -0.338 e. The van der Waals surface area contributed by atoms with Gasteiger partial charge >= 0.3 is 0 Å². The zero-order valence-corrected chi connectivity index (χ0v) is 22.5. The molecule has 0 bridgehead atoms. The number of aromatic amines is 2. The molecule has 5 heterocycles. The molecule has 7 rings (SSSR count). The second kappa shape index (κ2) is 10.2. The monoisotopic (exact) mass is 545 g/mol. The van der Waals surface area contributed by atoms with Gasteiger partial charge in [-0.25, -0.2) is 14.4 Å². The van der Waals surface area contributed by atoms with Crippen molar-refractivity contribution in [2.24, 2.45) is 5.92 Å². The second-order valence-corrected chi connectivity index (χ2v) is 10.8. The van der Waals surface area contributed by atoms with Crippen LogP contribution < -0.4 is 5.32 Å². The fourth-order valence-corrected chi connectivity index (χ4v) is 5.80. The van der Waals surface area contributed by atoms with Gasteiger partial charge in [0.15, 0.2) is 0 Å². The number of hydrogen-bond acceptors (Lipinski definition) is 5. The number of anilines is 1. The molecule has 41 heavy (non-hydrogen) atoms. The first-order chi connectivity index (χ1) is 20.0. The van der Waals surface area contributed by atoms with Gasteiger partial charge in [-0.05, 0) is 78.9 Å². The Kier molecular flexibility index (Phi) is 6.26. The first-order valence-electron chi connectivity index (χ1n) is 13.9. The third-order valence-electron chi connectivity index (χ3n) is 7.83. The summed E-state index contributed by atoms with van der Waals surface area (Å²) < 4.78 is 14.2. The number of carbonyl (C=O) groups is 1. The summed E-state index contributed by atoms with van der Waals surface area (Å²) in [5.41, 5.74) is 8.23. The van der Waals surface area contributed by atoms with Gasteiger partial charge in [0.25, 0.3) is 0 Å². The second-order valence-electron chi connectivity index (χ2n) is 10.8. The van der Waals surface area contributed by atoms with E-state index in [9.17, 15) is 9.18 Å². The number of benzene rings is 1. The van der Waals surface area contributed by atoms with E-state index >= 15 is 0 Å². The van der Waals surface area contributed by atoms with Gasteiger partial charge in [0.05, 0.1) is 28.8 Å². The van der Waals surface area contributed by atoms with Gasteiger partial charge in [0.2, 0.25) is 5.91 Å². The van der Waals surface area contributed by atoms with E-state index in [1.54, 1.807) is 18.6 Å². The number of aryl methyl sites for hydroxylation is 1. The summed E-state index contributed by atoms with van der Waals surface area (Å²) >= 11 is 0. The van der Waals surface area contributed by atoms with Gasteiger partial charge in [-0.3, -0.25) is 14.9 Å². The molecule has 0 saturated heterocycles. The van der Waals surface area contributed by atoms with Crippen molar-refractivity contribution < 1.29 is 9.18 Å². The van der Waals surface area contributed by atoms with Crippen LogP contribution in [0.2, 0.25) is 0 Å². The van der Waals surface area contributed by atoms with Crippen molar-refractivity contribution in [3.05, 3.63) is 78.5 Å². The molecule has 1 aliphatic carbocycles. The Morgan fingerprint density at radius 2 is 1.88 bits per heavy atom. The predicted molar refractivity (Wildman–Crippen MR) is 158 cm³/mol. The highest BCUT2D eigenvalue weighted by molar-refractivity contribution is 5.99. The number of rotatable bonds is 5. The Morgan fingerprint density at radius 3 is 2.73 bits per heavy atom. The van der Waals surface area contributed by atoms with Crippen LogP contribution in [0.1, 0.15) is 37.7 Å². The fourth-order valence-electron chi connectivity index (χ4n) is 5.80. The van der Waals surface area contributed by atoms with Crippen LogP contribution >= 0.6 is 0 Å². The lowest BCUT2D eigenvalue weighted by Gasteiger charge is -2.20. The van der Waals surface area contributed by atoms with Crippen molar-refractivity contribution in [3.8, 4) is 33.8 Å². The molecule has 6 aromatic rings. The highest BCUT2D eigenvalue weighted by atomic mass is 19.1. The first-order valence-corrected chi connectivity index (χ1v) is 13.9. The van der Waals surface area contributed by atoms with Crippen molar-refractivity contribution in [2.75, 3.05) is 5.32 Å². The number of H-pyrrole nitrogens is 2. The smallest absolute Gasteiger partial charge is 0.227 e. The maximum Gasteiger partial charge on any atom is 0.227 e. The summed E-state index contributed by atoms with van der Waals surface area (Å²) in [4.78, 5) is 29.9. The zero-order chi connectivity index (χ0) is 27.9. The van der Waals surface area contributed by atoms with E-state index in [-0.39, 0.29) is 17.6 Å². The molecule has 0 aliphatic heterocycles. The lowest BCUT2D eigenvalue weighted by molar-refractivity contribution is -0.120. The first kappa shape index (κ1) is 25.1. The van der Waals surface area contributed by atoms with Crippen LogP contribution in [0.15, 0.2) is 67.1 Å². The largest absolute Gasteiger partial charge is 0.338 e. The van der Waals surface area contributed by atoms with Crippen molar-refractivity contribution >= 4 is 33.7 Å². The van der Waals surface area contributed by atoms with Crippen LogP contribution in [-0.4, -0.2) is 36.0 Å². The number of amides is 1. The molecule has 1 fully saturated rings. The minimum absolute atomic E-state index is 0.0596. The normalized spacial score (nSPS) is 14.1. The van der Waals surface area contributed by atoms with Gasteiger partial charge in [0.1, 0.15) is 22.7 Å². The molecule has 1 saturated carbocycles. The molecule has 204 valence electrons. The molecule has 0 spiro atoms. The van der Waals surface area contributed by atoms with E-state index in [1.165, 1.54) is 18.6 Å². The summed E-state index contributed by atoms with van der Waals surface area (Å²) in [5.74, 6) is -0.154. The van der Waals surface area contributed by atoms with Crippen LogP contribution in [0, 0.1) is 18.7 Å². The molecule has 0 radical (unpaired) electrons. The SMILES string of the molecule is Cc1cc(F)cc(-c2ccnc3[nH]c(-c4n[nH]c5ccc(-c6cncc(NC(=O)C7CCCCC7)c6)nc45)cc23)c1. The minimum atomic E-state index is -0.275. The van der Waals surface area contributed by atoms with Crippen molar-refractivity contribution in [1.29, 1.82) is 0 Å². The summed E-state index contributed by atoms with van der Waals surface area (Å²) in [6, 6.07) is 14.6. The van der Waals surface area contributed by atoms with Crippen molar-refractivity contribution in [3.63, 3.8) is 0 Å². The number of halogens is 1. The molecule has 3 N–H and O–H groups in total. The zero-order valence-electron chi connectivity index (χ0n) is 22.5. The molecule has 5 aromatic heterocycles. The van der Waals surface area contributed by atoms with E-state index in [2.05, 4.69) is 30.5 Å². The third-order valence-corrected chi connectivity index (χ3v) is 7.83. The highest BCUT2D eigenvalue weighted by Gasteiger charge is 2.21. The van der Waals surface area contributed by atoms with Crippen LogP contribution in [0.5, 0.6) is 0 Å². The summed E-state index contributed by atoms with van der Waals surface area (Å²) in [5, 5.41) is 11.5. The number of fused-ring (bicyclic) bond motifs is 2. The van der Waals surface area contributed by atoms with Crippen LogP contribution in [0.3, 0.4) is 0 Å². The summed E-state index contributed by atoms with van der Waals surface area (Å²) in [6.45, 7) is 1.88. The number of hydrogen-bond donors (Lipinski definition) is 3. The number of carbonyl (C=O) groups excluding carboxylic acids is 1. The Bertz CT molecular complexity index is 1900. The van der Waals surface area contributed by atoms with E-state index in [1.807, 2.05) is 43.3 Å². The number of nitrogens with one attached hydrogen (secondary N) is 3. The maximum absolute atomic E-state index is 14.2. The van der Waals surface area contributed by atoms with Crippen molar-refractivity contribution in [2.45, 2.75) is 39.0 Å². The molecular formula is C32H28FN7O. The molecule has 1 amide bonds. The van der Waals surface area contributed by atoms with E-state index in [0.717, 1.165) is 64.5 Å². The molecular weight excluding hydrogens is 517 g/mol. The van der Waals surface area contributed by atoms with Crippen LogP contribution in [-0.2, 0) is 4.79 Å². The van der Waals surface area contributed by atoms with E-state index < -0.39 is 0 Å². The van der Waals surface area contributed by atoms with Gasteiger partial charge in [-0.2, -0.15) is 5.10 Å². The summed E-state index contributed by atoms with van der Waals surface area (Å²) in [6.07, 6.45) is 10.4. The average Bonchev–Trinajstić information content (AvgIpc) is 3.61. The number of pyridine rings is 3. The molecule has 8 nitrogen and oxygen atoms in total. The van der Waals surface area contributed by atoms with Gasteiger partial charge in [-0.1, -0.05) is 25.3 Å². The van der Waals surface area contributed by atoms with Crippen LogP contribution in [0.25, 0.3) is 55.8 Å². The molecule has 1 aromatic carbocycles. The Hall–Kier alpha value is -4.92. The van der Waals surface area contributed by atoms with Gasteiger partial charge in [-0.15, -0.1) is 0 Å². The molecule has 1 aliphatic rings. The van der Waals surface area contributed by atoms with Crippen LogP contribution in [0.4, 0.5) is 10.1 Å². The maximum atomic E-state index is 14.2. The highest BCUT2D eigenvalue weighted by Crippen LogP contribution is 2.34. The Labute approximate surface area is 235 Å². The lowest BCUT2D eigenvalue weighted by Crippen LogP contribution is -2.24. The quantitative estimate of drug-likeness (QED) is 0.212. The Balaban J connectivity index is 1.23. The van der Waals surface area contributed by atoms with Gasteiger partial charge in [0, 0.05) is 29.3 Å². The fraction of sp³-hybridized carbons (Fsp3) is 0.219. The van der Waals surface area contributed by atoms with E-state index in [4.69, 9.17) is 4.98 Å². The lowest BCUT2D eigenvalue weighted by atomic mass is 9.88. The number of nitrogens with zero attached hydrogens (tertiary/aromatic N) is 4. The summed E-state index contributed by atoms with van der Waals surface area (Å²) in [7, 11) is 0. The third kappa shape index (κ3) is 4.84. The molecule has 9 heteroatoms. The molecule has 0 unspecified atom stereocenters. The Morgan fingerprint density at radius 1 is 1.00 bits per heavy atom. The van der Waals surface area contributed by atoms with Gasteiger partial charge < -0.3 is 10.3 Å².